The number of rotatable bonds is 3. The van der Waals surface area contributed by atoms with Gasteiger partial charge in [-0.25, -0.2) is 4.98 Å². The lowest BCUT2D eigenvalue weighted by atomic mass is 10.1. The summed E-state index contributed by atoms with van der Waals surface area (Å²) in [5.74, 6) is 1.85. The smallest absolute Gasteiger partial charge is 0.160 e. The zero-order valence-corrected chi connectivity index (χ0v) is 12.5. The first-order valence-corrected chi connectivity index (χ1v) is 8.19. The molecule has 5 heteroatoms. The van der Waals surface area contributed by atoms with Crippen LogP contribution in [-0.4, -0.2) is 25.9 Å². The highest BCUT2D eigenvalue weighted by atomic mass is 15.3. The minimum atomic E-state index is 0.819. The second kappa shape index (κ2) is 5.64. The van der Waals surface area contributed by atoms with Gasteiger partial charge in [-0.1, -0.05) is 12.8 Å². The first-order valence-electron chi connectivity index (χ1n) is 8.19. The van der Waals surface area contributed by atoms with Gasteiger partial charge in [-0.15, -0.1) is 0 Å². The Hall–Kier alpha value is -1.62. The lowest BCUT2D eigenvalue weighted by Crippen LogP contribution is -2.11. The van der Waals surface area contributed by atoms with E-state index < -0.39 is 0 Å². The Morgan fingerprint density at radius 1 is 1.24 bits per heavy atom. The Balaban J connectivity index is 1.60. The van der Waals surface area contributed by atoms with Crippen molar-refractivity contribution in [3.63, 3.8) is 0 Å². The Morgan fingerprint density at radius 2 is 2.14 bits per heavy atom. The van der Waals surface area contributed by atoms with Crippen molar-refractivity contribution in [1.29, 1.82) is 0 Å². The van der Waals surface area contributed by atoms with Gasteiger partial charge in [-0.05, 0) is 37.8 Å². The van der Waals surface area contributed by atoms with Crippen molar-refractivity contribution in [1.82, 2.24) is 24.6 Å². The first-order chi connectivity index (χ1) is 10.4. The van der Waals surface area contributed by atoms with Gasteiger partial charge in [0, 0.05) is 32.0 Å². The molecule has 1 fully saturated rings. The molecular weight excluding hydrogens is 262 g/mol. The van der Waals surface area contributed by atoms with E-state index in [-0.39, 0.29) is 0 Å². The number of nitrogens with zero attached hydrogens (tertiary/aromatic N) is 4. The van der Waals surface area contributed by atoms with Crippen molar-refractivity contribution in [2.24, 2.45) is 5.92 Å². The van der Waals surface area contributed by atoms with Gasteiger partial charge in [0.05, 0.1) is 5.69 Å². The minimum absolute atomic E-state index is 0.819. The van der Waals surface area contributed by atoms with Crippen LogP contribution >= 0.6 is 0 Å². The van der Waals surface area contributed by atoms with Crippen LogP contribution < -0.4 is 5.32 Å². The third-order valence-corrected chi connectivity index (χ3v) is 4.77. The van der Waals surface area contributed by atoms with Crippen LogP contribution in [0.15, 0.2) is 18.5 Å². The molecule has 0 saturated heterocycles. The minimum Gasteiger partial charge on any atom is -0.329 e. The fourth-order valence-electron chi connectivity index (χ4n) is 3.63. The van der Waals surface area contributed by atoms with E-state index in [9.17, 15) is 0 Å². The molecule has 0 radical (unpaired) electrons. The molecule has 2 aromatic heterocycles. The standard InChI is InChI=1S/C16H23N5/c1-2-5-13(4-1)12-20-9-7-18-16(20)15-10-14-11-17-6-3-8-21(14)19-15/h7,9-10,13,17H,1-6,8,11-12H2. The van der Waals surface area contributed by atoms with Gasteiger partial charge >= 0.3 is 0 Å². The molecule has 0 atom stereocenters. The molecule has 21 heavy (non-hydrogen) atoms. The predicted octanol–water partition coefficient (Wildman–Crippen LogP) is 2.43. The zero-order chi connectivity index (χ0) is 14.1. The van der Waals surface area contributed by atoms with Gasteiger partial charge in [0.25, 0.3) is 0 Å². The lowest BCUT2D eigenvalue weighted by Gasteiger charge is -2.11. The molecule has 0 spiro atoms. The number of aryl methyl sites for hydroxylation is 1. The largest absolute Gasteiger partial charge is 0.329 e. The van der Waals surface area contributed by atoms with E-state index in [0.717, 1.165) is 50.0 Å². The molecule has 0 unspecified atom stereocenters. The second-order valence-corrected chi connectivity index (χ2v) is 6.33. The van der Waals surface area contributed by atoms with Crippen molar-refractivity contribution >= 4 is 0 Å². The molecule has 2 aliphatic rings. The lowest BCUT2D eigenvalue weighted by molar-refractivity contribution is 0.459. The summed E-state index contributed by atoms with van der Waals surface area (Å²) in [6, 6.07) is 2.20. The van der Waals surface area contributed by atoms with Crippen LogP contribution in [0.1, 0.15) is 37.8 Å². The third kappa shape index (κ3) is 2.62. The average molecular weight is 285 g/mol. The number of imidazole rings is 1. The summed E-state index contributed by atoms with van der Waals surface area (Å²) < 4.78 is 4.44. The Morgan fingerprint density at radius 3 is 3.05 bits per heavy atom. The summed E-state index contributed by atoms with van der Waals surface area (Å²) in [7, 11) is 0. The molecule has 2 aromatic rings. The van der Waals surface area contributed by atoms with E-state index in [1.807, 2.05) is 6.20 Å². The molecule has 0 aromatic carbocycles. The van der Waals surface area contributed by atoms with E-state index >= 15 is 0 Å². The Labute approximate surface area is 125 Å². The molecule has 1 aliphatic carbocycles. The van der Waals surface area contributed by atoms with E-state index in [2.05, 4.69) is 31.8 Å². The quantitative estimate of drug-likeness (QED) is 0.942. The molecular formula is C16H23N5. The number of aromatic nitrogens is 4. The maximum absolute atomic E-state index is 4.78. The topological polar surface area (TPSA) is 47.7 Å². The average Bonchev–Trinajstić information content (AvgIpc) is 3.20. The van der Waals surface area contributed by atoms with Crippen LogP contribution in [-0.2, 0) is 19.6 Å². The highest BCUT2D eigenvalue weighted by molar-refractivity contribution is 5.50. The number of hydrogen-bond acceptors (Lipinski definition) is 3. The van der Waals surface area contributed by atoms with Crippen molar-refractivity contribution in [2.75, 3.05) is 6.54 Å². The maximum Gasteiger partial charge on any atom is 0.160 e. The summed E-state index contributed by atoms with van der Waals surface area (Å²) in [5.41, 5.74) is 2.30. The fraction of sp³-hybridized carbons (Fsp3) is 0.625. The maximum atomic E-state index is 4.78. The number of hydrogen-bond donors (Lipinski definition) is 1. The summed E-state index contributed by atoms with van der Waals surface area (Å²) in [5, 5.41) is 8.23. The van der Waals surface area contributed by atoms with Crippen LogP contribution in [0.2, 0.25) is 0 Å². The van der Waals surface area contributed by atoms with Crippen molar-refractivity contribution in [3.05, 3.63) is 24.2 Å². The van der Waals surface area contributed by atoms with Crippen molar-refractivity contribution in [2.45, 2.75) is 51.7 Å². The van der Waals surface area contributed by atoms with Gasteiger partial charge in [0.2, 0.25) is 0 Å². The van der Waals surface area contributed by atoms with E-state index in [0.29, 0.717) is 0 Å². The molecule has 1 N–H and O–H groups in total. The van der Waals surface area contributed by atoms with Gasteiger partial charge in [-0.3, -0.25) is 4.68 Å². The van der Waals surface area contributed by atoms with Crippen LogP contribution in [0.3, 0.4) is 0 Å². The first kappa shape index (κ1) is 13.1. The summed E-state index contributed by atoms with van der Waals surface area (Å²) in [6.45, 7) is 4.09. The molecule has 4 rings (SSSR count). The van der Waals surface area contributed by atoms with Gasteiger partial charge in [-0.2, -0.15) is 5.10 Å². The zero-order valence-electron chi connectivity index (χ0n) is 12.5. The van der Waals surface area contributed by atoms with Crippen LogP contribution in [0.5, 0.6) is 0 Å². The highest BCUT2D eigenvalue weighted by Gasteiger charge is 2.19. The van der Waals surface area contributed by atoms with Crippen LogP contribution in [0.25, 0.3) is 11.5 Å². The Kier molecular flexibility index (Phi) is 3.51. The number of fused-ring (bicyclic) bond motifs is 1. The predicted molar refractivity (Wildman–Crippen MR) is 81.7 cm³/mol. The monoisotopic (exact) mass is 285 g/mol. The SMILES string of the molecule is c1cn(CC2CCCC2)c(-c2cc3n(n2)CCCNC3)n1. The van der Waals surface area contributed by atoms with Gasteiger partial charge in [0.15, 0.2) is 5.82 Å². The highest BCUT2D eigenvalue weighted by Crippen LogP contribution is 2.28. The fourth-order valence-corrected chi connectivity index (χ4v) is 3.63. The normalized spacial score (nSPS) is 19.6. The van der Waals surface area contributed by atoms with E-state index in [1.54, 1.807) is 0 Å². The summed E-state index contributed by atoms with van der Waals surface area (Å²) >= 11 is 0. The summed E-state index contributed by atoms with van der Waals surface area (Å²) in [4.78, 5) is 4.56. The van der Waals surface area contributed by atoms with Crippen molar-refractivity contribution in [3.8, 4) is 11.5 Å². The van der Waals surface area contributed by atoms with E-state index in [1.165, 1.54) is 31.4 Å². The molecule has 0 bridgehead atoms. The molecule has 1 saturated carbocycles. The third-order valence-electron chi connectivity index (χ3n) is 4.77. The molecule has 0 amide bonds. The van der Waals surface area contributed by atoms with Gasteiger partial charge < -0.3 is 9.88 Å². The Bertz CT molecular complexity index is 582. The molecule has 1 aliphatic heterocycles. The molecule has 112 valence electrons. The second-order valence-electron chi connectivity index (χ2n) is 6.33. The molecule has 5 nitrogen and oxygen atoms in total. The van der Waals surface area contributed by atoms with Crippen LogP contribution in [0.4, 0.5) is 0 Å². The molecule has 3 heterocycles. The van der Waals surface area contributed by atoms with Gasteiger partial charge in [0.1, 0.15) is 5.69 Å². The number of nitrogens with one attached hydrogen (secondary N) is 1. The summed E-state index contributed by atoms with van der Waals surface area (Å²) in [6.07, 6.45) is 10.7. The van der Waals surface area contributed by atoms with Crippen molar-refractivity contribution < 1.29 is 0 Å². The van der Waals surface area contributed by atoms with E-state index in [4.69, 9.17) is 5.10 Å². The van der Waals surface area contributed by atoms with Crippen LogP contribution in [0, 0.1) is 5.92 Å².